The number of nitrogens with one attached hydrogen (secondary N) is 1. The zero-order chi connectivity index (χ0) is 19.7. The van der Waals surface area contributed by atoms with Crippen LogP contribution in [-0.4, -0.2) is 32.7 Å². The number of carbonyl (C=O) groups is 1. The van der Waals surface area contributed by atoms with E-state index in [1.165, 1.54) is 30.0 Å². The van der Waals surface area contributed by atoms with Gasteiger partial charge in [-0.1, -0.05) is 29.5 Å². The second-order valence-corrected chi connectivity index (χ2v) is 6.93. The minimum absolute atomic E-state index is 0.0646. The zero-order valence-corrected chi connectivity index (χ0v) is 15.4. The molecule has 144 valence electrons. The molecule has 2 aromatic carbocycles. The van der Waals surface area contributed by atoms with Crippen molar-refractivity contribution in [1.82, 2.24) is 14.8 Å². The van der Waals surface area contributed by atoms with Gasteiger partial charge in [0.05, 0.1) is 5.75 Å². The van der Waals surface area contributed by atoms with Crippen molar-refractivity contribution in [3.8, 4) is 17.2 Å². The lowest BCUT2D eigenvalue weighted by Gasteiger charge is -2.08. The number of nitrogens with zero attached hydrogens (tertiary/aromatic N) is 3. The number of benzene rings is 2. The summed E-state index contributed by atoms with van der Waals surface area (Å²) in [6.07, 6.45) is -2.12. The van der Waals surface area contributed by atoms with Crippen LogP contribution in [0.15, 0.2) is 53.9 Å². The van der Waals surface area contributed by atoms with Crippen molar-refractivity contribution in [3.63, 3.8) is 0 Å². The highest BCUT2D eigenvalue weighted by atomic mass is 32.2. The number of carbonyl (C=O) groups excluding carboxylic acids is 1. The highest BCUT2D eigenvalue weighted by Crippen LogP contribution is 2.42. The maximum Gasteiger partial charge on any atom is 0.586 e. The summed E-state index contributed by atoms with van der Waals surface area (Å²) in [4.78, 5) is 12.2. The molecule has 0 spiro atoms. The summed E-state index contributed by atoms with van der Waals surface area (Å²) in [5, 5.41) is 11.1. The Morgan fingerprint density at radius 1 is 1.18 bits per heavy atom. The van der Waals surface area contributed by atoms with E-state index >= 15 is 0 Å². The first kappa shape index (κ1) is 18.2. The van der Waals surface area contributed by atoms with Crippen LogP contribution in [0.1, 0.15) is 5.56 Å². The smallest absolute Gasteiger partial charge is 0.395 e. The number of ether oxygens (including phenoxy) is 2. The number of hydrogen-bond donors (Lipinski definition) is 1. The summed E-state index contributed by atoms with van der Waals surface area (Å²) < 4.78 is 36.6. The monoisotopic (exact) mass is 404 g/mol. The highest BCUT2D eigenvalue weighted by molar-refractivity contribution is 7.99. The Hall–Kier alpha value is -3.14. The number of aromatic nitrogens is 3. The van der Waals surface area contributed by atoms with Gasteiger partial charge in [0.25, 0.3) is 0 Å². The predicted molar refractivity (Wildman–Crippen MR) is 98.1 cm³/mol. The number of fused-ring (bicyclic) bond motifs is 1. The predicted octanol–water partition coefficient (Wildman–Crippen LogP) is 3.63. The van der Waals surface area contributed by atoms with E-state index in [0.29, 0.717) is 10.8 Å². The van der Waals surface area contributed by atoms with E-state index in [9.17, 15) is 13.6 Å². The molecule has 0 radical (unpaired) electrons. The molecule has 1 amide bonds. The quantitative estimate of drug-likeness (QED) is 0.655. The summed E-state index contributed by atoms with van der Waals surface area (Å²) in [5.74, 6) is -0.470. The Morgan fingerprint density at radius 2 is 1.93 bits per heavy atom. The maximum absolute atomic E-state index is 13.1. The third-order valence-corrected chi connectivity index (χ3v) is 4.79. The van der Waals surface area contributed by atoms with Crippen molar-refractivity contribution in [2.45, 2.75) is 18.4 Å². The largest absolute Gasteiger partial charge is 0.586 e. The van der Waals surface area contributed by atoms with Crippen LogP contribution in [-0.2, 0) is 4.79 Å². The Kier molecular flexibility index (Phi) is 4.63. The lowest BCUT2D eigenvalue weighted by molar-refractivity contribution is -0.286. The zero-order valence-electron chi connectivity index (χ0n) is 14.6. The number of halogens is 2. The Labute approximate surface area is 162 Å². The molecule has 10 heteroatoms. The summed E-state index contributed by atoms with van der Waals surface area (Å²) >= 11 is 1.21. The van der Waals surface area contributed by atoms with E-state index in [0.717, 1.165) is 11.3 Å². The van der Waals surface area contributed by atoms with Crippen molar-refractivity contribution in [3.05, 3.63) is 54.4 Å². The number of rotatable bonds is 5. The van der Waals surface area contributed by atoms with Crippen molar-refractivity contribution in [2.75, 3.05) is 11.1 Å². The van der Waals surface area contributed by atoms with Crippen molar-refractivity contribution < 1.29 is 23.0 Å². The van der Waals surface area contributed by atoms with Crippen LogP contribution >= 0.6 is 11.8 Å². The first-order chi connectivity index (χ1) is 13.4. The minimum atomic E-state index is -3.69. The van der Waals surface area contributed by atoms with Crippen molar-refractivity contribution in [1.29, 1.82) is 0 Å². The molecule has 0 saturated heterocycles. The molecule has 1 aromatic heterocycles. The van der Waals surface area contributed by atoms with Gasteiger partial charge in [-0.25, -0.2) is 0 Å². The molecular weight excluding hydrogens is 390 g/mol. The highest BCUT2D eigenvalue weighted by Gasteiger charge is 2.43. The average Bonchev–Trinajstić information content (AvgIpc) is 3.22. The molecule has 2 heterocycles. The number of alkyl halides is 2. The van der Waals surface area contributed by atoms with E-state index in [4.69, 9.17) is 0 Å². The van der Waals surface area contributed by atoms with Crippen LogP contribution in [0, 0.1) is 6.92 Å². The van der Waals surface area contributed by atoms with Crippen LogP contribution in [0.25, 0.3) is 5.69 Å². The van der Waals surface area contributed by atoms with Crippen LogP contribution in [0.4, 0.5) is 14.5 Å². The van der Waals surface area contributed by atoms with Crippen LogP contribution < -0.4 is 14.8 Å². The van der Waals surface area contributed by atoms with E-state index in [1.54, 1.807) is 10.9 Å². The van der Waals surface area contributed by atoms with Gasteiger partial charge in [0, 0.05) is 17.4 Å². The molecule has 0 aliphatic carbocycles. The van der Waals surface area contributed by atoms with Crippen molar-refractivity contribution >= 4 is 23.4 Å². The number of anilines is 1. The van der Waals surface area contributed by atoms with Gasteiger partial charge in [0.1, 0.15) is 6.33 Å². The van der Waals surface area contributed by atoms with Gasteiger partial charge < -0.3 is 14.8 Å². The van der Waals surface area contributed by atoms with Gasteiger partial charge in [-0.15, -0.1) is 19.0 Å². The Balaban J connectivity index is 1.39. The normalized spacial score (nSPS) is 14.1. The minimum Gasteiger partial charge on any atom is -0.395 e. The fourth-order valence-electron chi connectivity index (χ4n) is 2.56. The lowest BCUT2D eigenvalue weighted by Crippen LogP contribution is -2.25. The van der Waals surface area contributed by atoms with E-state index < -0.39 is 6.29 Å². The summed E-state index contributed by atoms with van der Waals surface area (Å²) in [7, 11) is 0. The molecule has 0 bridgehead atoms. The third-order valence-electron chi connectivity index (χ3n) is 3.85. The molecular formula is C18H14F2N4O3S. The summed E-state index contributed by atoms with van der Waals surface area (Å²) in [5.41, 5.74) is 2.34. The standard InChI is InChI=1S/C18H14F2N4O3S/c1-11-2-5-13(6-3-11)24-10-21-23-17(24)28-9-16(25)22-12-4-7-14-15(8-12)27-18(19,20)26-14/h2-8,10H,9H2,1H3,(H,22,25). The molecule has 7 nitrogen and oxygen atoms in total. The number of hydrogen-bond acceptors (Lipinski definition) is 6. The van der Waals surface area contributed by atoms with Gasteiger partial charge in [-0.3, -0.25) is 9.36 Å². The SMILES string of the molecule is Cc1ccc(-n2cnnc2SCC(=O)Nc2ccc3c(c2)OC(F)(F)O3)cc1. The molecule has 1 N–H and O–H groups in total. The molecule has 0 atom stereocenters. The molecule has 28 heavy (non-hydrogen) atoms. The average molecular weight is 404 g/mol. The summed E-state index contributed by atoms with van der Waals surface area (Å²) in [6.45, 7) is 1.99. The van der Waals surface area contributed by atoms with Crippen LogP contribution in [0.5, 0.6) is 11.5 Å². The van der Waals surface area contributed by atoms with Gasteiger partial charge >= 0.3 is 6.29 Å². The fraction of sp³-hybridized carbons (Fsp3) is 0.167. The summed E-state index contributed by atoms with van der Waals surface area (Å²) in [6, 6.07) is 11.9. The Bertz CT molecular complexity index is 1020. The Morgan fingerprint density at radius 3 is 2.71 bits per heavy atom. The molecule has 0 fully saturated rings. The van der Waals surface area contributed by atoms with E-state index in [-0.39, 0.29) is 23.2 Å². The molecule has 0 unspecified atom stereocenters. The fourth-order valence-corrected chi connectivity index (χ4v) is 3.29. The van der Waals surface area contributed by atoms with E-state index in [2.05, 4.69) is 25.0 Å². The second kappa shape index (κ2) is 7.12. The van der Waals surface area contributed by atoms with E-state index in [1.807, 2.05) is 31.2 Å². The topological polar surface area (TPSA) is 78.3 Å². The maximum atomic E-state index is 13.1. The molecule has 1 aliphatic heterocycles. The molecule has 0 saturated carbocycles. The molecule has 4 rings (SSSR count). The van der Waals surface area contributed by atoms with Crippen LogP contribution in [0.3, 0.4) is 0 Å². The van der Waals surface area contributed by atoms with Gasteiger partial charge in [0.2, 0.25) is 5.91 Å². The number of amides is 1. The van der Waals surface area contributed by atoms with Crippen molar-refractivity contribution in [2.24, 2.45) is 0 Å². The number of thioether (sulfide) groups is 1. The second-order valence-electron chi connectivity index (χ2n) is 5.98. The van der Waals surface area contributed by atoms with Crippen LogP contribution in [0.2, 0.25) is 0 Å². The lowest BCUT2D eigenvalue weighted by atomic mass is 10.2. The number of aryl methyl sites for hydroxylation is 1. The third kappa shape index (κ3) is 3.91. The van der Waals surface area contributed by atoms with Gasteiger partial charge in [0.15, 0.2) is 16.7 Å². The van der Waals surface area contributed by atoms with Gasteiger partial charge in [-0.05, 0) is 31.2 Å². The first-order valence-corrected chi connectivity index (χ1v) is 9.18. The molecule has 3 aromatic rings. The first-order valence-electron chi connectivity index (χ1n) is 8.19. The molecule has 1 aliphatic rings. The van der Waals surface area contributed by atoms with Gasteiger partial charge in [-0.2, -0.15) is 0 Å².